The number of benzene rings is 2. The van der Waals surface area contributed by atoms with E-state index in [0.717, 1.165) is 30.3 Å². The number of hydrogen-bond donors (Lipinski definition) is 2. The SMILES string of the molecule is N#Cc1cc(F)cc(Oc2ccc(S(N)(=O)=O)c3c2[C@H](F)[C@@H](F)[C@H]3O)c1. The molecule has 0 spiro atoms. The third-order valence-corrected chi connectivity index (χ3v) is 4.86. The van der Waals surface area contributed by atoms with E-state index in [0.29, 0.717) is 0 Å². The number of sulfonamides is 1. The Morgan fingerprint density at radius 1 is 1.19 bits per heavy atom. The summed E-state index contributed by atoms with van der Waals surface area (Å²) in [7, 11) is -4.37. The zero-order chi connectivity index (χ0) is 19.2. The first-order valence-corrected chi connectivity index (χ1v) is 8.72. The van der Waals surface area contributed by atoms with E-state index in [4.69, 9.17) is 15.1 Å². The number of ether oxygens (including phenoxy) is 1. The number of alkyl halides is 2. The Labute approximate surface area is 146 Å². The van der Waals surface area contributed by atoms with Gasteiger partial charge in [-0.1, -0.05) is 0 Å². The molecule has 10 heteroatoms. The van der Waals surface area contributed by atoms with Crippen molar-refractivity contribution in [1.82, 2.24) is 0 Å². The molecule has 1 aliphatic rings. The van der Waals surface area contributed by atoms with Gasteiger partial charge in [-0.05, 0) is 24.3 Å². The second-order valence-electron chi connectivity index (χ2n) is 5.61. The van der Waals surface area contributed by atoms with Crippen molar-refractivity contribution in [3.05, 3.63) is 52.8 Å². The molecule has 6 nitrogen and oxygen atoms in total. The lowest BCUT2D eigenvalue weighted by Gasteiger charge is -2.14. The minimum Gasteiger partial charge on any atom is -0.457 e. The number of nitrogens with zero attached hydrogens (tertiary/aromatic N) is 1. The van der Waals surface area contributed by atoms with Crippen LogP contribution in [0.2, 0.25) is 0 Å². The third kappa shape index (κ3) is 3.01. The maximum Gasteiger partial charge on any atom is 0.238 e. The fraction of sp³-hybridized carbons (Fsp3) is 0.188. The van der Waals surface area contributed by atoms with Crippen LogP contribution in [0.25, 0.3) is 0 Å². The van der Waals surface area contributed by atoms with Gasteiger partial charge in [0.15, 0.2) is 12.3 Å². The molecule has 0 fully saturated rings. The standard InChI is InChI=1S/C16H11F3N2O4S/c17-8-3-7(6-20)4-9(5-8)25-10-1-2-11(26(21,23)24)13-12(10)14(18)15(19)16(13)22/h1-5,14-16,22H,(H2,21,23,24)/t14-,15+,16-/m0/s1. The Kier molecular flexibility index (Phi) is 4.39. The number of rotatable bonds is 3. The number of nitrogens with two attached hydrogens (primary N) is 1. The average Bonchev–Trinajstić information content (AvgIpc) is 2.79. The molecule has 2 aromatic carbocycles. The quantitative estimate of drug-likeness (QED) is 0.844. The second kappa shape index (κ2) is 6.28. The minimum absolute atomic E-state index is 0.0713. The lowest BCUT2D eigenvalue weighted by atomic mass is 10.1. The highest BCUT2D eigenvalue weighted by atomic mass is 32.2. The molecule has 0 aliphatic heterocycles. The van der Waals surface area contributed by atoms with Crippen LogP contribution < -0.4 is 9.88 Å². The molecule has 0 amide bonds. The number of nitriles is 1. The van der Waals surface area contributed by atoms with Gasteiger partial charge in [0.05, 0.1) is 16.5 Å². The van der Waals surface area contributed by atoms with Gasteiger partial charge in [0.2, 0.25) is 10.0 Å². The number of halogens is 3. The Morgan fingerprint density at radius 3 is 2.50 bits per heavy atom. The summed E-state index contributed by atoms with van der Waals surface area (Å²) in [5.41, 5.74) is -1.14. The van der Waals surface area contributed by atoms with Gasteiger partial charge in [-0.25, -0.2) is 26.7 Å². The first kappa shape index (κ1) is 18.2. The summed E-state index contributed by atoms with van der Waals surface area (Å²) < 4.78 is 70.4. The second-order valence-corrected chi connectivity index (χ2v) is 7.14. The summed E-state index contributed by atoms with van der Waals surface area (Å²) in [4.78, 5) is -0.632. The number of aliphatic hydroxyl groups is 1. The molecule has 0 saturated heterocycles. The molecule has 1 aliphatic carbocycles. The number of fused-ring (bicyclic) bond motifs is 1. The van der Waals surface area contributed by atoms with Crippen LogP contribution >= 0.6 is 0 Å². The van der Waals surface area contributed by atoms with Crippen molar-refractivity contribution >= 4 is 10.0 Å². The highest BCUT2D eigenvalue weighted by Gasteiger charge is 2.46. The van der Waals surface area contributed by atoms with Gasteiger partial charge in [-0.15, -0.1) is 0 Å². The van der Waals surface area contributed by atoms with Crippen LogP contribution in [0.1, 0.15) is 29.0 Å². The smallest absolute Gasteiger partial charge is 0.238 e. The van der Waals surface area contributed by atoms with E-state index >= 15 is 0 Å². The van der Waals surface area contributed by atoms with Crippen LogP contribution in [0.4, 0.5) is 13.2 Å². The van der Waals surface area contributed by atoms with E-state index in [1.54, 1.807) is 6.07 Å². The first-order valence-electron chi connectivity index (χ1n) is 7.18. The van der Waals surface area contributed by atoms with Crippen LogP contribution in [-0.4, -0.2) is 19.7 Å². The molecular weight excluding hydrogens is 373 g/mol. The summed E-state index contributed by atoms with van der Waals surface area (Å²) in [6.45, 7) is 0. The molecule has 0 heterocycles. The minimum atomic E-state index is -4.37. The van der Waals surface area contributed by atoms with Crippen molar-refractivity contribution in [1.29, 1.82) is 5.26 Å². The maximum absolute atomic E-state index is 14.3. The van der Waals surface area contributed by atoms with Gasteiger partial charge in [0.25, 0.3) is 0 Å². The molecule has 3 atom stereocenters. The van der Waals surface area contributed by atoms with E-state index in [1.165, 1.54) is 0 Å². The van der Waals surface area contributed by atoms with Crippen LogP contribution in [0.3, 0.4) is 0 Å². The van der Waals surface area contributed by atoms with Crippen molar-refractivity contribution in [3.63, 3.8) is 0 Å². The Bertz CT molecular complexity index is 1040. The zero-order valence-corrected chi connectivity index (χ0v) is 13.7. The lowest BCUT2D eigenvalue weighted by molar-refractivity contribution is 0.0454. The van der Waals surface area contributed by atoms with Crippen molar-refractivity contribution < 1.29 is 31.4 Å². The molecule has 0 saturated carbocycles. The van der Waals surface area contributed by atoms with E-state index in [-0.39, 0.29) is 17.1 Å². The molecule has 136 valence electrons. The van der Waals surface area contributed by atoms with E-state index < -0.39 is 50.3 Å². The summed E-state index contributed by atoms with van der Waals surface area (Å²) >= 11 is 0. The molecule has 3 N–H and O–H groups in total. The number of aliphatic hydroxyl groups excluding tert-OH is 1. The van der Waals surface area contributed by atoms with E-state index in [9.17, 15) is 26.7 Å². The monoisotopic (exact) mass is 384 g/mol. The largest absolute Gasteiger partial charge is 0.457 e. The molecule has 0 radical (unpaired) electrons. The van der Waals surface area contributed by atoms with E-state index in [2.05, 4.69) is 0 Å². The third-order valence-electron chi connectivity index (χ3n) is 3.89. The molecule has 0 aromatic heterocycles. The van der Waals surface area contributed by atoms with Gasteiger partial charge >= 0.3 is 0 Å². The fourth-order valence-corrected chi connectivity index (χ4v) is 3.61. The summed E-state index contributed by atoms with van der Waals surface area (Å²) in [5, 5.41) is 23.8. The van der Waals surface area contributed by atoms with Crippen molar-refractivity contribution in [2.45, 2.75) is 23.3 Å². The topological polar surface area (TPSA) is 113 Å². The highest BCUT2D eigenvalue weighted by Crippen LogP contribution is 2.50. The molecule has 2 aromatic rings. The van der Waals surface area contributed by atoms with Crippen molar-refractivity contribution in [3.8, 4) is 17.6 Å². The van der Waals surface area contributed by atoms with Crippen LogP contribution in [0.15, 0.2) is 35.2 Å². The van der Waals surface area contributed by atoms with Gasteiger partial charge in [-0.3, -0.25) is 0 Å². The van der Waals surface area contributed by atoms with Gasteiger partial charge < -0.3 is 9.84 Å². The average molecular weight is 384 g/mol. The Morgan fingerprint density at radius 2 is 1.88 bits per heavy atom. The van der Waals surface area contributed by atoms with Gasteiger partial charge in [0, 0.05) is 17.2 Å². The summed E-state index contributed by atoms with van der Waals surface area (Å²) in [6, 6.07) is 6.68. The molecule has 26 heavy (non-hydrogen) atoms. The molecule has 3 rings (SSSR count). The van der Waals surface area contributed by atoms with E-state index in [1.807, 2.05) is 0 Å². The van der Waals surface area contributed by atoms with Crippen LogP contribution in [-0.2, 0) is 10.0 Å². The van der Waals surface area contributed by atoms with Crippen molar-refractivity contribution in [2.75, 3.05) is 0 Å². The highest BCUT2D eigenvalue weighted by molar-refractivity contribution is 7.89. The number of hydrogen-bond acceptors (Lipinski definition) is 5. The maximum atomic E-state index is 14.3. The summed E-state index contributed by atoms with van der Waals surface area (Å²) in [6.07, 6.45) is -6.85. The summed E-state index contributed by atoms with van der Waals surface area (Å²) in [5.74, 6) is -1.30. The van der Waals surface area contributed by atoms with Gasteiger partial charge in [0.1, 0.15) is 23.4 Å². The van der Waals surface area contributed by atoms with Crippen LogP contribution in [0, 0.1) is 17.1 Å². The Balaban J connectivity index is 2.17. The molecular formula is C16H11F3N2O4S. The normalized spacial score (nSPS) is 21.9. The predicted molar refractivity (Wildman–Crippen MR) is 82.7 cm³/mol. The van der Waals surface area contributed by atoms with Crippen LogP contribution in [0.5, 0.6) is 11.5 Å². The number of primary sulfonamides is 1. The predicted octanol–water partition coefficient (Wildman–Crippen LogP) is 2.53. The van der Waals surface area contributed by atoms with Gasteiger partial charge in [-0.2, -0.15) is 5.26 Å². The fourth-order valence-electron chi connectivity index (χ4n) is 2.81. The lowest BCUT2D eigenvalue weighted by Crippen LogP contribution is -2.17. The first-order chi connectivity index (χ1) is 12.1. The Hall–Kier alpha value is -2.61. The molecule has 0 unspecified atom stereocenters. The zero-order valence-electron chi connectivity index (χ0n) is 12.9. The molecule has 0 bridgehead atoms. The van der Waals surface area contributed by atoms with Crippen molar-refractivity contribution in [2.24, 2.45) is 5.14 Å².